The molecule has 154 valence electrons. The summed E-state index contributed by atoms with van der Waals surface area (Å²) in [5.74, 6) is 0.585. The Morgan fingerprint density at radius 3 is 2.57 bits per heavy atom. The van der Waals surface area contributed by atoms with Gasteiger partial charge in [0.15, 0.2) is 5.96 Å². The lowest BCUT2D eigenvalue weighted by Crippen LogP contribution is -2.38. The van der Waals surface area contributed by atoms with E-state index in [1.807, 2.05) is 11.4 Å². The molecule has 0 saturated carbocycles. The van der Waals surface area contributed by atoms with Crippen LogP contribution in [0.5, 0.6) is 5.75 Å². The first kappa shape index (κ1) is 24.1. The fraction of sp³-hybridized carbons (Fsp3) is 0.333. The van der Waals surface area contributed by atoms with Gasteiger partial charge in [-0.05, 0) is 23.9 Å². The zero-order valence-corrected chi connectivity index (χ0v) is 18.4. The normalized spacial score (nSPS) is 10.9. The van der Waals surface area contributed by atoms with E-state index in [0.717, 1.165) is 0 Å². The van der Waals surface area contributed by atoms with E-state index in [9.17, 15) is 13.6 Å². The second kappa shape index (κ2) is 13.3. The third kappa shape index (κ3) is 8.38. The Bertz CT molecular complexity index is 745. The molecule has 0 fully saturated rings. The Balaban J connectivity index is 0.00000392. The SMILES string of the molecule is CN=C(NCCCNC(=O)c1cccs1)NCc1ccccc1OC(F)F.I. The molecular formula is C18H23F2IN4O2S. The molecular weight excluding hydrogens is 501 g/mol. The highest BCUT2D eigenvalue weighted by Gasteiger charge is 2.09. The van der Waals surface area contributed by atoms with E-state index in [2.05, 4.69) is 25.7 Å². The summed E-state index contributed by atoms with van der Waals surface area (Å²) < 4.78 is 29.4. The Morgan fingerprint density at radius 1 is 1.14 bits per heavy atom. The number of guanidine groups is 1. The zero-order valence-electron chi connectivity index (χ0n) is 15.3. The van der Waals surface area contributed by atoms with Crippen molar-refractivity contribution in [3.8, 4) is 5.75 Å². The summed E-state index contributed by atoms with van der Waals surface area (Å²) in [5, 5.41) is 10.9. The monoisotopic (exact) mass is 524 g/mol. The Morgan fingerprint density at radius 2 is 1.89 bits per heavy atom. The van der Waals surface area contributed by atoms with Gasteiger partial charge in [-0.2, -0.15) is 8.78 Å². The number of benzene rings is 1. The maximum Gasteiger partial charge on any atom is 0.387 e. The van der Waals surface area contributed by atoms with Gasteiger partial charge in [0.1, 0.15) is 5.75 Å². The van der Waals surface area contributed by atoms with E-state index in [0.29, 0.717) is 35.9 Å². The molecule has 1 heterocycles. The van der Waals surface area contributed by atoms with Crippen LogP contribution in [0.2, 0.25) is 0 Å². The third-order valence-corrected chi connectivity index (χ3v) is 4.40. The summed E-state index contributed by atoms with van der Waals surface area (Å²) in [5.41, 5.74) is 0.601. The van der Waals surface area contributed by atoms with E-state index in [-0.39, 0.29) is 42.2 Å². The average Bonchev–Trinajstić information content (AvgIpc) is 3.19. The molecule has 0 unspecified atom stereocenters. The summed E-state index contributed by atoms with van der Waals surface area (Å²) >= 11 is 1.40. The number of hydrogen-bond donors (Lipinski definition) is 3. The van der Waals surface area contributed by atoms with Gasteiger partial charge >= 0.3 is 6.61 Å². The summed E-state index contributed by atoms with van der Waals surface area (Å²) in [4.78, 5) is 16.6. The maximum atomic E-state index is 12.4. The smallest absolute Gasteiger partial charge is 0.387 e. The molecule has 0 aliphatic carbocycles. The van der Waals surface area contributed by atoms with Crippen LogP contribution in [0, 0.1) is 0 Å². The number of thiophene rings is 1. The number of hydrogen-bond acceptors (Lipinski definition) is 4. The lowest BCUT2D eigenvalue weighted by Gasteiger charge is -2.14. The molecule has 10 heteroatoms. The Kier molecular flexibility index (Phi) is 11.4. The fourth-order valence-corrected chi connectivity index (χ4v) is 2.89. The first-order chi connectivity index (χ1) is 13.1. The first-order valence-corrected chi connectivity index (χ1v) is 9.27. The molecule has 0 bridgehead atoms. The number of carbonyl (C=O) groups excluding carboxylic acids is 1. The fourth-order valence-electron chi connectivity index (χ4n) is 2.25. The quantitative estimate of drug-likeness (QED) is 0.203. The van der Waals surface area contributed by atoms with Gasteiger partial charge < -0.3 is 20.7 Å². The number of halogens is 3. The molecule has 2 rings (SSSR count). The van der Waals surface area contributed by atoms with Crippen molar-refractivity contribution in [2.75, 3.05) is 20.1 Å². The number of para-hydroxylation sites is 1. The van der Waals surface area contributed by atoms with Crippen molar-refractivity contribution in [1.82, 2.24) is 16.0 Å². The van der Waals surface area contributed by atoms with Crippen molar-refractivity contribution in [2.24, 2.45) is 4.99 Å². The van der Waals surface area contributed by atoms with Crippen LogP contribution >= 0.6 is 35.3 Å². The minimum atomic E-state index is -2.87. The van der Waals surface area contributed by atoms with Crippen LogP contribution in [-0.2, 0) is 6.54 Å². The minimum absolute atomic E-state index is 0. The molecule has 0 radical (unpaired) electrons. The Hall–Kier alpha value is -1.95. The molecule has 0 saturated heterocycles. The van der Waals surface area contributed by atoms with Gasteiger partial charge in [-0.15, -0.1) is 35.3 Å². The van der Waals surface area contributed by atoms with Crippen molar-refractivity contribution in [1.29, 1.82) is 0 Å². The van der Waals surface area contributed by atoms with E-state index < -0.39 is 6.61 Å². The number of alkyl halides is 2. The van der Waals surface area contributed by atoms with E-state index in [1.165, 1.54) is 17.4 Å². The van der Waals surface area contributed by atoms with Crippen molar-refractivity contribution < 1.29 is 18.3 Å². The third-order valence-electron chi connectivity index (χ3n) is 3.54. The second-order valence-corrected chi connectivity index (χ2v) is 6.37. The van der Waals surface area contributed by atoms with Crippen LogP contribution in [0.4, 0.5) is 8.78 Å². The van der Waals surface area contributed by atoms with Crippen molar-refractivity contribution in [3.05, 3.63) is 52.2 Å². The van der Waals surface area contributed by atoms with E-state index in [4.69, 9.17) is 0 Å². The van der Waals surface area contributed by atoms with Gasteiger partial charge in [0.25, 0.3) is 5.91 Å². The van der Waals surface area contributed by atoms with Crippen LogP contribution in [0.15, 0.2) is 46.8 Å². The molecule has 0 aliphatic heterocycles. The van der Waals surface area contributed by atoms with Gasteiger partial charge in [0.05, 0.1) is 4.88 Å². The molecule has 0 atom stereocenters. The van der Waals surface area contributed by atoms with Crippen molar-refractivity contribution in [3.63, 3.8) is 0 Å². The number of aliphatic imine (C=N–C) groups is 1. The van der Waals surface area contributed by atoms with Crippen LogP contribution in [-0.4, -0.2) is 38.6 Å². The van der Waals surface area contributed by atoms with Crippen LogP contribution in [0.3, 0.4) is 0 Å². The topological polar surface area (TPSA) is 74.8 Å². The van der Waals surface area contributed by atoms with Gasteiger partial charge in [-0.3, -0.25) is 9.79 Å². The number of amides is 1. The van der Waals surface area contributed by atoms with Gasteiger partial charge in [-0.25, -0.2) is 0 Å². The number of nitrogens with one attached hydrogen (secondary N) is 3. The summed E-state index contributed by atoms with van der Waals surface area (Å²) in [7, 11) is 1.62. The predicted molar refractivity (Wildman–Crippen MR) is 118 cm³/mol. The number of nitrogens with zero attached hydrogens (tertiary/aromatic N) is 1. The van der Waals surface area contributed by atoms with E-state index >= 15 is 0 Å². The largest absolute Gasteiger partial charge is 0.434 e. The molecule has 1 amide bonds. The lowest BCUT2D eigenvalue weighted by atomic mass is 10.2. The first-order valence-electron chi connectivity index (χ1n) is 8.39. The highest BCUT2D eigenvalue weighted by atomic mass is 127. The highest BCUT2D eigenvalue weighted by molar-refractivity contribution is 14.0. The van der Waals surface area contributed by atoms with Crippen molar-refractivity contribution in [2.45, 2.75) is 19.6 Å². The summed E-state index contributed by atoms with van der Waals surface area (Å²) in [6.45, 7) is -1.45. The van der Waals surface area contributed by atoms with Crippen LogP contribution in [0.1, 0.15) is 21.7 Å². The minimum Gasteiger partial charge on any atom is -0.434 e. The second-order valence-electron chi connectivity index (χ2n) is 5.43. The maximum absolute atomic E-state index is 12.4. The summed E-state index contributed by atoms with van der Waals surface area (Å²) in [6.07, 6.45) is 0.711. The number of carbonyl (C=O) groups is 1. The van der Waals surface area contributed by atoms with Crippen LogP contribution in [0.25, 0.3) is 0 Å². The standard InChI is InChI=1S/C18H22F2N4O2S.HI/c1-21-18(23-10-5-9-22-16(25)15-8-4-11-27-15)24-12-13-6-2-3-7-14(13)26-17(19)20;/h2-4,6-8,11,17H,5,9-10,12H2,1H3,(H,22,25)(H2,21,23,24);1H. The molecule has 2 aromatic rings. The molecule has 0 aliphatic rings. The van der Waals surface area contributed by atoms with Crippen LogP contribution < -0.4 is 20.7 Å². The lowest BCUT2D eigenvalue weighted by molar-refractivity contribution is -0.0504. The molecule has 1 aromatic carbocycles. The molecule has 1 aromatic heterocycles. The summed E-state index contributed by atoms with van der Waals surface area (Å²) in [6, 6.07) is 10.2. The molecule has 0 spiro atoms. The van der Waals surface area contributed by atoms with E-state index in [1.54, 1.807) is 31.3 Å². The van der Waals surface area contributed by atoms with Gasteiger partial charge in [0.2, 0.25) is 0 Å². The average molecular weight is 524 g/mol. The number of ether oxygens (including phenoxy) is 1. The van der Waals surface area contributed by atoms with Gasteiger partial charge in [-0.1, -0.05) is 24.3 Å². The highest BCUT2D eigenvalue weighted by Crippen LogP contribution is 2.19. The molecule has 3 N–H and O–H groups in total. The molecule has 28 heavy (non-hydrogen) atoms. The van der Waals surface area contributed by atoms with Crippen molar-refractivity contribution >= 4 is 47.2 Å². The predicted octanol–water partition coefficient (Wildman–Crippen LogP) is 3.45. The number of rotatable bonds is 9. The Labute approximate surface area is 183 Å². The van der Waals surface area contributed by atoms with Gasteiger partial charge in [0, 0.05) is 32.2 Å². The zero-order chi connectivity index (χ0) is 19.5. The molecule has 6 nitrogen and oxygen atoms in total.